The zero-order valence-corrected chi connectivity index (χ0v) is 12.4. The van der Waals surface area contributed by atoms with Gasteiger partial charge in [0.25, 0.3) is 5.91 Å². The standard InChI is InChI=1S/C16H24N2O2/c1-3-20-15-7-5-4-6-14(15)16(19)18-10-8-13(9-11-18)12-17-2/h4-7,13,17H,3,8-12H2,1-2H3. The summed E-state index contributed by atoms with van der Waals surface area (Å²) in [5.74, 6) is 1.47. The van der Waals surface area contributed by atoms with E-state index in [1.54, 1.807) is 0 Å². The Morgan fingerprint density at radius 3 is 2.70 bits per heavy atom. The number of hydrogen-bond acceptors (Lipinski definition) is 3. The van der Waals surface area contributed by atoms with Crippen LogP contribution in [0, 0.1) is 5.92 Å². The predicted molar refractivity (Wildman–Crippen MR) is 80.2 cm³/mol. The van der Waals surface area contributed by atoms with Gasteiger partial charge in [0.15, 0.2) is 0 Å². The molecular weight excluding hydrogens is 252 g/mol. The summed E-state index contributed by atoms with van der Waals surface area (Å²) in [4.78, 5) is 14.5. The van der Waals surface area contributed by atoms with Crippen LogP contribution in [0.5, 0.6) is 5.75 Å². The maximum Gasteiger partial charge on any atom is 0.257 e. The highest BCUT2D eigenvalue weighted by Gasteiger charge is 2.24. The van der Waals surface area contributed by atoms with Gasteiger partial charge in [0, 0.05) is 13.1 Å². The molecule has 1 heterocycles. The van der Waals surface area contributed by atoms with Crippen molar-refractivity contribution in [3.05, 3.63) is 29.8 Å². The average molecular weight is 276 g/mol. The number of hydrogen-bond donors (Lipinski definition) is 1. The summed E-state index contributed by atoms with van der Waals surface area (Å²) in [6.07, 6.45) is 2.15. The van der Waals surface area contributed by atoms with Crippen LogP contribution in [0.25, 0.3) is 0 Å². The Morgan fingerprint density at radius 1 is 1.35 bits per heavy atom. The lowest BCUT2D eigenvalue weighted by atomic mass is 9.96. The summed E-state index contributed by atoms with van der Waals surface area (Å²) in [6, 6.07) is 7.52. The molecule has 0 spiro atoms. The van der Waals surface area contributed by atoms with E-state index in [2.05, 4.69) is 5.32 Å². The largest absolute Gasteiger partial charge is 0.493 e. The molecule has 1 aliphatic rings. The molecule has 1 fully saturated rings. The lowest BCUT2D eigenvalue weighted by Crippen LogP contribution is -2.40. The number of likely N-dealkylation sites (tertiary alicyclic amines) is 1. The normalized spacial score (nSPS) is 16.2. The number of benzene rings is 1. The van der Waals surface area contributed by atoms with E-state index in [1.807, 2.05) is 43.1 Å². The third kappa shape index (κ3) is 3.51. The smallest absolute Gasteiger partial charge is 0.257 e. The Bertz CT molecular complexity index is 440. The summed E-state index contributed by atoms with van der Waals surface area (Å²) >= 11 is 0. The molecular formula is C16H24N2O2. The summed E-state index contributed by atoms with van der Waals surface area (Å²) < 4.78 is 5.55. The Labute approximate surface area is 121 Å². The van der Waals surface area contributed by atoms with Gasteiger partial charge in [-0.3, -0.25) is 4.79 Å². The molecule has 1 amide bonds. The van der Waals surface area contributed by atoms with Gasteiger partial charge in [-0.2, -0.15) is 0 Å². The van der Waals surface area contributed by atoms with Crippen LogP contribution in [0.4, 0.5) is 0 Å². The molecule has 4 heteroatoms. The van der Waals surface area contributed by atoms with Crippen LogP contribution in [0.15, 0.2) is 24.3 Å². The van der Waals surface area contributed by atoms with E-state index in [4.69, 9.17) is 4.74 Å². The van der Waals surface area contributed by atoms with Crippen molar-refractivity contribution in [3.8, 4) is 5.75 Å². The zero-order valence-electron chi connectivity index (χ0n) is 12.4. The van der Waals surface area contributed by atoms with E-state index in [0.29, 0.717) is 23.8 Å². The molecule has 1 aromatic rings. The van der Waals surface area contributed by atoms with Crippen LogP contribution >= 0.6 is 0 Å². The number of para-hydroxylation sites is 1. The number of piperidine rings is 1. The van der Waals surface area contributed by atoms with E-state index < -0.39 is 0 Å². The first kappa shape index (κ1) is 14.9. The molecule has 20 heavy (non-hydrogen) atoms. The third-order valence-electron chi connectivity index (χ3n) is 3.81. The maximum absolute atomic E-state index is 12.6. The summed E-state index contributed by atoms with van der Waals surface area (Å²) in [5.41, 5.74) is 0.682. The van der Waals surface area contributed by atoms with Gasteiger partial charge >= 0.3 is 0 Å². The minimum absolute atomic E-state index is 0.0944. The monoisotopic (exact) mass is 276 g/mol. The van der Waals surface area contributed by atoms with E-state index in [9.17, 15) is 4.79 Å². The van der Waals surface area contributed by atoms with Crippen molar-refractivity contribution in [1.82, 2.24) is 10.2 Å². The van der Waals surface area contributed by atoms with Gasteiger partial charge in [-0.15, -0.1) is 0 Å². The first-order chi connectivity index (χ1) is 9.76. The van der Waals surface area contributed by atoms with Crippen LogP contribution < -0.4 is 10.1 Å². The summed E-state index contributed by atoms with van der Waals surface area (Å²) in [7, 11) is 1.98. The van der Waals surface area contributed by atoms with Gasteiger partial charge < -0.3 is 15.0 Å². The Morgan fingerprint density at radius 2 is 2.05 bits per heavy atom. The number of amides is 1. The highest BCUT2D eigenvalue weighted by molar-refractivity contribution is 5.97. The molecule has 2 rings (SSSR count). The molecule has 4 nitrogen and oxygen atoms in total. The second-order valence-corrected chi connectivity index (χ2v) is 5.22. The van der Waals surface area contributed by atoms with Gasteiger partial charge in [-0.1, -0.05) is 12.1 Å². The second kappa shape index (κ2) is 7.29. The molecule has 1 saturated heterocycles. The molecule has 0 atom stereocenters. The van der Waals surface area contributed by atoms with Crippen LogP contribution in [0.1, 0.15) is 30.1 Å². The zero-order chi connectivity index (χ0) is 14.4. The van der Waals surface area contributed by atoms with Gasteiger partial charge in [-0.25, -0.2) is 0 Å². The fourth-order valence-electron chi connectivity index (χ4n) is 2.72. The van der Waals surface area contributed by atoms with E-state index in [-0.39, 0.29) is 5.91 Å². The van der Waals surface area contributed by atoms with Crippen molar-refractivity contribution in [3.63, 3.8) is 0 Å². The Hall–Kier alpha value is -1.55. The fraction of sp³-hybridized carbons (Fsp3) is 0.562. The first-order valence-corrected chi connectivity index (χ1v) is 7.42. The number of ether oxygens (including phenoxy) is 1. The van der Waals surface area contributed by atoms with Crippen molar-refractivity contribution in [2.24, 2.45) is 5.92 Å². The average Bonchev–Trinajstić information content (AvgIpc) is 2.49. The van der Waals surface area contributed by atoms with Crippen molar-refractivity contribution >= 4 is 5.91 Å². The molecule has 1 N–H and O–H groups in total. The van der Waals surface area contributed by atoms with E-state index >= 15 is 0 Å². The molecule has 0 aromatic heterocycles. The molecule has 110 valence electrons. The van der Waals surface area contributed by atoms with Crippen LogP contribution in [-0.2, 0) is 0 Å². The van der Waals surface area contributed by atoms with E-state index in [0.717, 1.165) is 32.5 Å². The van der Waals surface area contributed by atoms with Crippen LogP contribution in [0.3, 0.4) is 0 Å². The highest BCUT2D eigenvalue weighted by Crippen LogP contribution is 2.23. The van der Waals surface area contributed by atoms with Crippen molar-refractivity contribution < 1.29 is 9.53 Å². The first-order valence-electron chi connectivity index (χ1n) is 7.42. The number of carbonyl (C=O) groups is 1. The highest BCUT2D eigenvalue weighted by atomic mass is 16.5. The molecule has 0 saturated carbocycles. The maximum atomic E-state index is 12.6. The summed E-state index contributed by atoms with van der Waals surface area (Å²) in [6.45, 7) is 5.23. The third-order valence-corrected chi connectivity index (χ3v) is 3.81. The molecule has 1 aromatic carbocycles. The van der Waals surface area contributed by atoms with Crippen LogP contribution in [0.2, 0.25) is 0 Å². The molecule has 1 aliphatic heterocycles. The van der Waals surface area contributed by atoms with Crippen molar-refractivity contribution in [1.29, 1.82) is 0 Å². The second-order valence-electron chi connectivity index (χ2n) is 5.22. The van der Waals surface area contributed by atoms with Gasteiger partial charge in [0.2, 0.25) is 0 Å². The topological polar surface area (TPSA) is 41.6 Å². The predicted octanol–water partition coefficient (Wildman–Crippen LogP) is 2.16. The fourth-order valence-corrected chi connectivity index (χ4v) is 2.72. The SMILES string of the molecule is CCOc1ccccc1C(=O)N1CCC(CNC)CC1. The van der Waals surface area contributed by atoms with Gasteiger partial charge in [0.05, 0.1) is 12.2 Å². The lowest BCUT2D eigenvalue weighted by molar-refractivity contribution is 0.0687. The molecule has 0 aliphatic carbocycles. The molecule has 0 radical (unpaired) electrons. The lowest BCUT2D eigenvalue weighted by Gasteiger charge is -2.32. The Balaban J connectivity index is 2.02. The molecule has 0 bridgehead atoms. The number of carbonyl (C=O) groups excluding carboxylic acids is 1. The summed E-state index contributed by atoms with van der Waals surface area (Å²) in [5, 5.41) is 3.22. The minimum Gasteiger partial charge on any atom is -0.493 e. The minimum atomic E-state index is 0.0944. The quantitative estimate of drug-likeness (QED) is 0.896. The molecule has 0 unspecified atom stereocenters. The Kier molecular flexibility index (Phi) is 5.41. The van der Waals surface area contributed by atoms with E-state index in [1.165, 1.54) is 0 Å². The van der Waals surface area contributed by atoms with Gasteiger partial charge in [0.1, 0.15) is 5.75 Å². The number of nitrogens with one attached hydrogen (secondary N) is 1. The van der Waals surface area contributed by atoms with Gasteiger partial charge in [-0.05, 0) is 51.4 Å². The number of rotatable bonds is 5. The van der Waals surface area contributed by atoms with Crippen molar-refractivity contribution in [2.75, 3.05) is 33.3 Å². The van der Waals surface area contributed by atoms with Crippen LogP contribution in [-0.4, -0.2) is 44.1 Å². The number of nitrogens with zero attached hydrogens (tertiary/aromatic N) is 1. The van der Waals surface area contributed by atoms with Crippen molar-refractivity contribution in [2.45, 2.75) is 19.8 Å².